The molecule has 6 heteroatoms. The molecule has 0 aliphatic heterocycles. The van der Waals surface area contributed by atoms with Gasteiger partial charge in [-0.1, -0.05) is 30.3 Å². The van der Waals surface area contributed by atoms with E-state index in [0.29, 0.717) is 0 Å². The highest BCUT2D eigenvalue weighted by Crippen LogP contribution is 2.33. The van der Waals surface area contributed by atoms with Crippen molar-refractivity contribution >= 4 is 0 Å². The number of imidazole rings is 2. The van der Waals surface area contributed by atoms with Crippen LogP contribution in [0.1, 0.15) is 25.6 Å². The van der Waals surface area contributed by atoms with Crippen LogP contribution >= 0.6 is 0 Å². The van der Waals surface area contributed by atoms with Crippen LogP contribution < -0.4 is 0 Å². The van der Waals surface area contributed by atoms with Crippen molar-refractivity contribution < 1.29 is 0 Å². The minimum Gasteiger partial charge on any atom is -0.330 e. The van der Waals surface area contributed by atoms with Gasteiger partial charge < -0.3 is 9.13 Å². The van der Waals surface area contributed by atoms with E-state index in [0.717, 1.165) is 41.4 Å². The highest BCUT2D eigenvalue weighted by Gasteiger charge is 2.22. The van der Waals surface area contributed by atoms with Crippen LogP contribution in [0.25, 0.3) is 22.8 Å². The Bertz CT molecular complexity index is 1000. The lowest BCUT2D eigenvalue weighted by Crippen LogP contribution is -2.12. The predicted molar refractivity (Wildman–Crippen MR) is 105 cm³/mol. The second-order valence-electron chi connectivity index (χ2n) is 6.50. The summed E-state index contributed by atoms with van der Waals surface area (Å²) in [6.07, 6.45) is 11.8. The van der Waals surface area contributed by atoms with E-state index < -0.39 is 0 Å². The van der Waals surface area contributed by atoms with Gasteiger partial charge in [0, 0.05) is 55.6 Å². The maximum Gasteiger partial charge on any atom is 0.158 e. The molecule has 6 nitrogen and oxygen atoms in total. The van der Waals surface area contributed by atoms with Gasteiger partial charge in [0.15, 0.2) is 5.82 Å². The van der Waals surface area contributed by atoms with Crippen LogP contribution in [0.5, 0.6) is 0 Å². The summed E-state index contributed by atoms with van der Waals surface area (Å²) in [5.74, 6) is 0.930. The van der Waals surface area contributed by atoms with E-state index in [9.17, 15) is 0 Å². The molecule has 0 amide bonds. The van der Waals surface area contributed by atoms with Gasteiger partial charge in [-0.25, -0.2) is 9.97 Å². The molecule has 4 rings (SSSR count). The third kappa shape index (κ3) is 3.38. The van der Waals surface area contributed by atoms with Crippen LogP contribution in [0.15, 0.2) is 67.6 Å². The Kier molecular flexibility index (Phi) is 4.78. The summed E-state index contributed by atoms with van der Waals surface area (Å²) >= 11 is 0. The van der Waals surface area contributed by atoms with Gasteiger partial charge in [-0.3, -0.25) is 9.97 Å². The Morgan fingerprint density at radius 2 is 1.85 bits per heavy atom. The van der Waals surface area contributed by atoms with Crippen molar-refractivity contribution in [2.24, 2.45) is 0 Å². The Hall–Kier alpha value is -3.28. The lowest BCUT2D eigenvalue weighted by Gasteiger charge is -2.17. The zero-order valence-corrected chi connectivity index (χ0v) is 15.5. The first-order chi connectivity index (χ1) is 13.3. The van der Waals surface area contributed by atoms with Crippen LogP contribution in [-0.2, 0) is 13.0 Å². The number of hydrogen-bond donors (Lipinski definition) is 0. The number of aryl methyl sites for hydroxylation is 1. The van der Waals surface area contributed by atoms with Crippen molar-refractivity contribution in [3.63, 3.8) is 0 Å². The van der Waals surface area contributed by atoms with Crippen LogP contribution in [0.3, 0.4) is 0 Å². The molecule has 0 spiro atoms. The molecule has 136 valence electrons. The Morgan fingerprint density at radius 3 is 2.59 bits per heavy atom. The summed E-state index contributed by atoms with van der Waals surface area (Å²) in [5.41, 5.74) is 4.03. The predicted octanol–water partition coefficient (Wildman–Crippen LogP) is 4.03. The minimum absolute atomic E-state index is 0.170. The Labute approximate surface area is 158 Å². The van der Waals surface area contributed by atoms with Gasteiger partial charge in [-0.2, -0.15) is 0 Å². The molecule has 3 aromatic heterocycles. The van der Waals surface area contributed by atoms with Crippen LogP contribution in [0.4, 0.5) is 0 Å². The molecular formula is C21H22N6. The third-order valence-corrected chi connectivity index (χ3v) is 4.71. The van der Waals surface area contributed by atoms with Crippen LogP contribution in [0, 0.1) is 0 Å². The number of rotatable bonds is 6. The molecule has 0 saturated carbocycles. The van der Waals surface area contributed by atoms with Crippen molar-refractivity contribution in [2.45, 2.75) is 32.9 Å². The molecule has 1 atom stereocenters. The van der Waals surface area contributed by atoms with Crippen molar-refractivity contribution in [3.05, 3.63) is 73.3 Å². The number of nitrogens with zero attached hydrogens (tertiary/aromatic N) is 6. The largest absolute Gasteiger partial charge is 0.330 e. The second kappa shape index (κ2) is 7.53. The Morgan fingerprint density at radius 1 is 1.00 bits per heavy atom. The van der Waals surface area contributed by atoms with E-state index in [2.05, 4.69) is 50.1 Å². The second-order valence-corrected chi connectivity index (χ2v) is 6.50. The fraction of sp³-hybridized carbons (Fsp3) is 0.238. The molecule has 3 heterocycles. The fourth-order valence-corrected chi connectivity index (χ4v) is 3.34. The van der Waals surface area contributed by atoms with E-state index in [4.69, 9.17) is 4.98 Å². The standard InChI is InChI=1S/C21H22N6/c1-3-26-12-11-24-21(26)20-19(17-7-5-4-6-8-17)25-15-27(20)16(2)13-18-14-22-9-10-23-18/h4-12,14-16H,3,13H2,1-2H3/t16-/m1/s1. The summed E-state index contributed by atoms with van der Waals surface area (Å²) in [4.78, 5) is 18.0. The first kappa shape index (κ1) is 17.1. The van der Waals surface area contributed by atoms with Gasteiger partial charge in [0.25, 0.3) is 0 Å². The van der Waals surface area contributed by atoms with Crippen molar-refractivity contribution in [1.29, 1.82) is 0 Å². The van der Waals surface area contributed by atoms with E-state index in [1.807, 2.05) is 43.1 Å². The minimum atomic E-state index is 0.170. The van der Waals surface area contributed by atoms with Gasteiger partial charge in [-0.05, 0) is 13.8 Å². The van der Waals surface area contributed by atoms with Gasteiger partial charge in [-0.15, -0.1) is 0 Å². The fourth-order valence-electron chi connectivity index (χ4n) is 3.34. The number of benzene rings is 1. The Balaban J connectivity index is 1.81. The molecule has 0 saturated heterocycles. The maximum atomic E-state index is 4.75. The van der Waals surface area contributed by atoms with E-state index in [1.54, 1.807) is 12.4 Å². The van der Waals surface area contributed by atoms with Gasteiger partial charge in [0.2, 0.25) is 0 Å². The zero-order valence-electron chi connectivity index (χ0n) is 15.5. The van der Waals surface area contributed by atoms with Crippen LogP contribution in [-0.4, -0.2) is 29.1 Å². The lowest BCUT2D eigenvalue weighted by atomic mass is 10.1. The lowest BCUT2D eigenvalue weighted by molar-refractivity contribution is 0.538. The van der Waals surface area contributed by atoms with Crippen LogP contribution in [0.2, 0.25) is 0 Å². The van der Waals surface area contributed by atoms with Gasteiger partial charge >= 0.3 is 0 Å². The molecule has 0 radical (unpaired) electrons. The summed E-state index contributed by atoms with van der Waals surface area (Å²) in [6.45, 7) is 5.15. The van der Waals surface area contributed by atoms with Crippen molar-refractivity contribution in [3.8, 4) is 22.8 Å². The SMILES string of the molecule is CCn1ccnc1-c1c(-c2ccccc2)ncn1[C@H](C)Cc1cnccn1. The van der Waals surface area contributed by atoms with Crippen molar-refractivity contribution in [1.82, 2.24) is 29.1 Å². The maximum absolute atomic E-state index is 4.75. The zero-order chi connectivity index (χ0) is 18.6. The normalized spacial score (nSPS) is 12.2. The first-order valence-corrected chi connectivity index (χ1v) is 9.16. The summed E-state index contributed by atoms with van der Waals surface area (Å²) in [5, 5.41) is 0. The molecule has 0 fully saturated rings. The topological polar surface area (TPSA) is 61.4 Å². The summed E-state index contributed by atoms with van der Waals surface area (Å²) in [6, 6.07) is 10.4. The molecule has 0 bridgehead atoms. The smallest absolute Gasteiger partial charge is 0.158 e. The van der Waals surface area contributed by atoms with Gasteiger partial charge in [0.05, 0.1) is 17.7 Å². The third-order valence-electron chi connectivity index (χ3n) is 4.71. The summed E-state index contributed by atoms with van der Waals surface area (Å²) in [7, 11) is 0. The van der Waals surface area contributed by atoms with E-state index in [1.165, 1.54) is 0 Å². The highest BCUT2D eigenvalue weighted by atomic mass is 15.1. The average Bonchev–Trinajstić information content (AvgIpc) is 3.35. The van der Waals surface area contributed by atoms with E-state index in [-0.39, 0.29) is 6.04 Å². The van der Waals surface area contributed by atoms with Crippen molar-refractivity contribution in [2.75, 3.05) is 0 Å². The molecule has 0 aliphatic rings. The summed E-state index contributed by atoms with van der Waals surface area (Å²) < 4.78 is 4.35. The van der Waals surface area contributed by atoms with Gasteiger partial charge in [0.1, 0.15) is 5.69 Å². The molecule has 4 aromatic rings. The average molecular weight is 358 g/mol. The molecule has 1 aromatic carbocycles. The number of hydrogen-bond acceptors (Lipinski definition) is 4. The first-order valence-electron chi connectivity index (χ1n) is 9.16. The molecule has 0 N–H and O–H groups in total. The number of aromatic nitrogens is 6. The van der Waals surface area contributed by atoms with E-state index >= 15 is 0 Å². The quantitative estimate of drug-likeness (QED) is 0.522. The molecule has 0 unspecified atom stereocenters. The molecular weight excluding hydrogens is 336 g/mol. The highest BCUT2D eigenvalue weighted by molar-refractivity contribution is 5.75. The monoisotopic (exact) mass is 358 g/mol. The molecule has 0 aliphatic carbocycles. The molecule has 27 heavy (non-hydrogen) atoms.